The molecule has 5 nitrogen and oxygen atoms in total. The van der Waals surface area contributed by atoms with Gasteiger partial charge in [-0.1, -0.05) is 72.3 Å². The van der Waals surface area contributed by atoms with Crippen LogP contribution in [0.4, 0.5) is 5.69 Å². The van der Waals surface area contributed by atoms with Gasteiger partial charge in [-0.2, -0.15) is 5.06 Å². The van der Waals surface area contributed by atoms with Gasteiger partial charge in [-0.25, -0.2) is 0 Å². The first-order valence-corrected chi connectivity index (χ1v) is 10.3. The fourth-order valence-electron chi connectivity index (χ4n) is 3.30. The Morgan fingerprint density at radius 1 is 0.871 bits per heavy atom. The largest absolute Gasteiger partial charge is 0.373 e. The average Bonchev–Trinajstić information content (AvgIpc) is 2.82. The molecule has 1 unspecified atom stereocenters. The molecular weight excluding hydrogens is 412 g/mol. The molecule has 0 fully saturated rings. The van der Waals surface area contributed by atoms with Gasteiger partial charge in [-0.05, 0) is 42.3 Å². The third-order valence-electron chi connectivity index (χ3n) is 5.09. The zero-order valence-corrected chi connectivity index (χ0v) is 17.7. The van der Waals surface area contributed by atoms with E-state index in [0.717, 1.165) is 11.3 Å². The van der Waals surface area contributed by atoms with E-state index in [0.29, 0.717) is 17.3 Å². The lowest BCUT2D eigenvalue weighted by molar-refractivity contribution is 0.259. The third-order valence-corrected chi connectivity index (χ3v) is 5.34. The van der Waals surface area contributed by atoms with Crippen molar-refractivity contribution in [2.75, 3.05) is 11.7 Å². The molecule has 0 aliphatic carbocycles. The van der Waals surface area contributed by atoms with Crippen LogP contribution in [0.1, 0.15) is 18.5 Å². The second kappa shape index (κ2) is 9.16. The molecule has 1 atom stereocenters. The molecule has 0 aliphatic heterocycles. The van der Waals surface area contributed by atoms with Crippen LogP contribution in [0.2, 0.25) is 5.02 Å². The van der Waals surface area contributed by atoms with Crippen LogP contribution in [-0.2, 0) is 0 Å². The highest BCUT2D eigenvalue weighted by Gasteiger charge is 2.27. The summed E-state index contributed by atoms with van der Waals surface area (Å²) in [7, 11) is 0. The number of para-hydroxylation sites is 1. The van der Waals surface area contributed by atoms with Crippen LogP contribution in [-0.4, -0.2) is 6.67 Å². The normalized spacial score (nSPS) is 11.9. The quantitative estimate of drug-likeness (QED) is 0.248. The molecule has 0 radical (unpaired) electrons. The van der Waals surface area contributed by atoms with Gasteiger partial charge in [0.1, 0.15) is 6.67 Å². The maximum atomic E-state index is 12.3. The van der Waals surface area contributed by atoms with Crippen molar-refractivity contribution >= 4 is 17.3 Å². The van der Waals surface area contributed by atoms with Crippen molar-refractivity contribution in [3.8, 4) is 16.9 Å². The summed E-state index contributed by atoms with van der Waals surface area (Å²) in [6, 6.07) is 26.3. The molecule has 4 rings (SSSR count). The second-order valence-electron chi connectivity index (χ2n) is 7.17. The van der Waals surface area contributed by atoms with Gasteiger partial charge >= 0.3 is 0 Å². The first-order chi connectivity index (χ1) is 15.0. The van der Waals surface area contributed by atoms with E-state index in [4.69, 9.17) is 16.4 Å². The number of benzene rings is 3. The molecule has 0 bridgehead atoms. The molecular formula is C25H21ClN2O3. The summed E-state index contributed by atoms with van der Waals surface area (Å²) in [5.74, 6) is 0.0327. The van der Waals surface area contributed by atoms with Crippen LogP contribution in [0.5, 0.6) is 5.75 Å². The van der Waals surface area contributed by atoms with Crippen molar-refractivity contribution < 1.29 is 4.84 Å². The summed E-state index contributed by atoms with van der Waals surface area (Å²) in [5, 5.41) is 5.53. The number of anilines is 1. The molecule has 6 heteroatoms. The highest BCUT2D eigenvalue weighted by atomic mass is 35.5. The Balaban J connectivity index is 1.59. The Morgan fingerprint density at radius 2 is 1.48 bits per heavy atom. The van der Waals surface area contributed by atoms with Crippen LogP contribution in [0.3, 0.4) is 0 Å². The lowest BCUT2D eigenvalue weighted by Crippen LogP contribution is -2.43. The summed E-state index contributed by atoms with van der Waals surface area (Å²) < 4.78 is 0. The summed E-state index contributed by atoms with van der Waals surface area (Å²) in [5.41, 5.74) is 1.55. The van der Waals surface area contributed by atoms with Crippen LogP contribution in [0.15, 0.2) is 94.5 Å². The molecule has 156 valence electrons. The number of halogens is 1. The van der Waals surface area contributed by atoms with E-state index in [2.05, 4.69) is 12.2 Å². The molecule has 4 aromatic rings. The Bertz CT molecular complexity index is 1220. The molecule has 0 saturated carbocycles. The Labute approximate surface area is 185 Å². The molecule has 0 aliphatic rings. The maximum Gasteiger partial charge on any atom is 0.272 e. The van der Waals surface area contributed by atoms with E-state index in [9.17, 15) is 9.59 Å². The summed E-state index contributed by atoms with van der Waals surface area (Å²) in [6.07, 6.45) is 0. The zero-order valence-electron chi connectivity index (χ0n) is 16.9. The smallest absolute Gasteiger partial charge is 0.272 e. The van der Waals surface area contributed by atoms with E-state index in [1.165, 1.54) is 0 Å². The number of hydroxylamine groups is 1. The van der Waals surface area contributed by atoms with Gasteiger partial charge in [-0.3, -0.25) is 14.9 Å². The van der Waals surface area contributed by atoms with Gasteiger partial charge in [0, 0.05) is 11.1 Å². The number of hydrogen-bond donors (Lipinski definition) is 1. The van der Waals surface area contributed by atoms with Crippen LogP contribution in [0, 0.1) is 0 Å². The SMILES string of the molecule is CC(NCN(Oc1c(-c2ccc(Cl)cc2)c(=O)c1=O)c1ccccc1)c1ccccc1. The number of rotatable bonds is 8. The monoisotopic (exact) mass is 432 g/mol. The molecule has 31 heavy (non-hydrogen) atoms. The molecule has 0 aromatic heterocycles. The van der Waals surface area contributed by atoms with Gasteiger partial charge in [-0.15, -0.1) is 0 Å². The average molecular weight is 433 g/mol. The van der Waals surface area contributed by atoms with Gasteiger partial charge in [0.25, 0.3) is 5.43 Å². The topological polar surface area (TPSA) is 58.6 Å². The molecule has 0 amide bonds. The summed E-state index contributed by atoms with van der Waals surface area (Å²) in [6.45, 7) is 2.36. The van der Waals surface area contributed by atoms with Crippen LogP contribution >= 0.6 is 11.6 Å². The Hall–Kier alpha value is -3.41. The van der Waals surface area contributed by atoms with Crippen LogP contribution < -0.4 is 26.1 Å². The van der Waals surface area contributed by atoms with Crippen molar-refractivity contribution in [2.45, 2.75) is 13.0 Å². The van der Waals surface area contributed by atoms with Gasteiger partial charge < -0.3 is 4.84 Å². The molecule has 1 N–H and O–H groups in total. The Kier molecular flexibility index (Phi) is 6.16. The van der Waals surface area contributed by atoms with Crippen molar-refractivity contribution in [3.63, 3.8) is 0 Å². The summed E-state index contributed by atoms with van der Waals surface area (Å²) >= 11 is 5.95. The highest BCUT2D eigenvalue weighted by molar-refractivity contribution is 6.30. The molecule has 0 saturated heterocycles. The molecule has 0 heterocycles. The van der Waals surface area contributed by atoms with Crippen molar-refractivity contribution in [2.24, 2.45) is 0 Å². The number of nitrogens with zero attached hydrogens (tertiary/aromatic N) is 1. The van der Waals surface area contributed by atoms with Crippen LogP contribution in [0.25, 0.3) is 11.1 Å². The van der Waals surface area contributed by atoms with Crippen molar-refractivity contribution in [1.29, 1.82) is 0 Å². The first-order valence-electron chi connectivity index (χ1n) is 9.92. The third kappa shape index (κ3) is 4.53. The van der Waals surface area contributed by atoms with Crippen molar-refractivity contribution in [1.82, 2.24) is 5.32 Å². The van der Waals surface area contributed by atoms with Gasteiger partial charge in [0.2, 0.25) is 11.2 Å². The van der Waals surface area contributed by atoms with E-state index >= 15 is 0 Å². The standard InChI is InChI=1S/C25H21ClN2O3/c1-17(18-8-4-2-5-9-18)27-16-28(21-10-6-3-7-11-21)31-25-22(23(29)24(25)30)19-12-14-20(26)15-13-19/h2-15,17,27H,16H2,1H3. The zero-order chi connectivity index (χ0) is 21.8. The molecule has 0 spiro atoms. The minimum atomic E-state index is -0.637. The van der Waals surface area contributed by atoms with Gasteiger partial charge in [0.05, 0.1) is 11.3 Å². The lowest BCUT2D eigenvalue weighted by atomic mass is 10.0. The highest BCUT2D eigenvalue weighted by Crippen LogP contribution is 2.28. The van der Waals surface area contributed by atoms with E-state index < -0.39 is 10.9 Å². The predicted octanol–water partition coefficient (Wildman–Crippen LogP) is 4.71. The first kappa shape index (κ1) is 20.8. The van der Waals surface area contributed by atoms with Gasteiger partial charge in [0.15, 0.2) is 0 Å². The second-order valence-corrected chi connectivity index (χ2v) is 7.61. The van der Waals surface area contributed by atoms with E-state index in [1.54, 1.807) is 29.3 Å². The maximum absolute atomic E-state index is 12.3. The fraction of sp³-hybridized carbons (Fsp3) is 0.120. The molecule has 4 aromatic carbocycles. The van der Waals surface area contributed by atoms with E-state index in [1.807, 2.05) is 60.7 Å². The minimum Gasteiger partial charge on any atom is -0.373 e. The Morgan fingerprint density at radius 3 is 2.13 bits per heavy atom. The minimum absolute atomic E-state index is 0.0327. The predicted molar refractivity (Wildman–Crippen MR) is 124 cm³/mol. The number of nitrogens with one attached hydrogen (secondary N) is 1. The summed E-state index contributed by atoms with van der Waals surface area (Å²) in [4.78, 5) is 30.6. The number of hydrogen-bond acceptors (Lipinski definition) is 5. The fourth-order valence-corrected chi connectivity index (χ4v) is 3.42. The van der Waals surface area contributed by atoms with E-state index in [-0.39, 0.29) is 17.4 Å². The lowest BCUT2D eigenvalue weighted by Gasteiger charge is -2.28. The van der Waals surface area contributed by atoms with Crippen molar-refractivity contribution in [3.05, 3.63) is 116 Å².